The van der Waals surface area contributed by atoms with Crippen molar-refractivity contribution in [3.63, 3.8) is 0 Å². The van der Waals surface area contributed by atoms with Gasteiger partial charge in [-0.15, -0.1) is 0 Å². The lowest BCUT2D eigenvalue weighted by Crippen LogP contribution is -2.38. The van der Waals surface area contributed by atoms with E-state index in [2.05, 4.69) is 5.32 Å². The van der Waals surface area contributed by atoms with Crippen molar-refractivity contribution in [3.05, 3.63) is 72.3 Å². The van der Waals surface area contributed by atoms with Crippen molar-refractivity contribution in [1.29, 1.82) is 0 Å². The zero-order valence-electron chi connectivity index (χ0n) is 15.7. The van der Waals surface area contributed by atoms with Crippen molar-refractivity contribution in [1.82, 2.24) is 9.62 Å². The molecule has 5 nitrogen and oxygen atoms in total. The van der Waals surface area contributed by atoms with Gasteiger partial charge >= 0.3 is 0 Å². The highest BCUT2D eigenvalue weighted by atomic mass is 32.2. The number of nitrogens with one attached hydrogen (secondary N) is 1. The maximum absolute atomic E-state index is 12.8. The molecule has 0 fully saturated rings. The fraction of sp³-hybridized carbons (Fsp3) is 0.333. The molecule has 2 aromatic rings. The summed E-state index contributed by atoms with van der Waals surface area (Å²) in [6.45, 7) is 3.16. The summed E-state index contributed by atoms with van der Waals surface area (Å²) in [6, 6.07) is 16.7. The minimum absolute atomic E-state index is 0.143. The minimum Gasteiger partial charge on any atom is -0.492 e. The third kappa shape index (κ3) is 4.97. The molecule has 0 bridgehead atoms. The second-order valence-corrected chi connectivity index (χ2v) is 8.75. The summed E-state index contributed by atoms with van der Waals surface area (Å²) in [5.74, 6) is 0.850. The van der Waals surface area contributed by atoms with Crippen LogP contribution in [0.25, 0.3) is 0 Å². The normalized spacial score (nSPS) is 19.5. The monoisotopic (exact) mass is 386 g/mol. The quantitative estimate of drug-likeness (QED) is 0.560. The molecule has 3 rings (SSSR count). The van der Waals surface area contributed by atoms with Crippen LogP contribution in [0.15, 0.2) is 71.6 Å². The Morgan fingerprint density at radius 1 is 1.11 bits per heavy atom. The Bertz CT molecular complexity index is 881. The second kappa shape index (κ2) is 8.69. The van der Waals surface area contributed by atoms with Gasteiger partial charge in [-0.25, -0.2) is 8.42 Å². The molecule has 0 radical (unpaired) electrons. The predicted octanol–water partition coefficient (Wildman–Crippen LogP) is 2.98. The number of nitrogens with zero attached hydrogens (tertiary/aromatic N) is 1. The molecule has 144 valence electrons. The summed E-state index contributed by atoms with van der Waals surface area (Å²) >= 11 is 0. The molecule has 27 heavy (non-hydrogen) atoms. The summed E-state index contributed by atoms with van der Waals surface area (Å²) in [7, 11) is -1.85. The van der Waals surface area contributed by atoms with Crippen molar-refractivity contribution in [2.45, 2.75) is 30.3 Å². The van der Waals surface area contributed by atoms with E-state index in [-0.39, 0.29) is 12.1 Å². The highest BCUT2D eigenvalue weighted by Gasteiger charge is 2.30. The van der Waals surface area contributed by atoms with Gasteiger partial charge in [0, 0.05) is 25.7 Å². The topological polar surface area (TPSA) is 58.6 Å². The molecular formula is C21H26N2O3S. The number of hydrogen-bond acceptors (Lipinski definition) is 4. The lowest BCUT2D eigenvalue weighted by atomic mass is 10.2. The van der Waals surface area contributed by atoms with Crippen LogP contribution in [0.5, 0.6) is 5.75 Å². The van der Waals surface area contributed by atoms with Crippen LogP contribution in [0.2, 0.25) is 0 Å². The molecule has 0 spiro atoms. The Balaban J connectivity index is 1.49. The molecule has 0 saturated heterocycles. The van der Waals surface area contributed by atoms with Gasteiger partial charge in [-0.3, -0.25) is 0 Å². The highest BCUT2D eigenvalue weighted by Crippen LogP contribution is 2.23. The lowest BCUT2D eigenvalue weighted by Gasteiger charge is -2.24. The molecule has 2 unspecified atom stereocenters. The first-order valence-electron chi connectivity index (χ1n) is 9.11. The van der Waals surface area contributed by atoms with Gasteiger partial charge in [-0.2, -0.15) is 4.31 Å². The lowest BCUT2D eigenvalue weighted by molar-refractivity contribution is 0.305. The van der Waals surface area contributed by atoms with Gasteiger partial charge < -0.3 is 10.1 Å². The Hall–Kier alpha value is -2.15. The van der Waals surface area contributed by atoms with Gasteiger partial charge in [0.15, 0.2) is 0 Å². The van der Waals surface area contributed by atoms with Crippen LogP contribution in [0.3, 0.4) is 0 Å². The molecule has 0 aliphatic heterocycles. The number of sulfonamides is 1. The molecule has 1 aliphatic rings. The van der Waals surface area contributed by atoms with E-state index in [0.717, 1.165) is 11.3 Å². The third-order valence-electron chi connectivity index (χ3n) is 4.72. The summed E-state index contributed by atoms with van der Waals surface area (Å²) in [5.41, 5.74) is 0.935. The number of rotatable bonds is 8. The Morgan fingerprint density at radius 2 is 1.89 bits per heavy atom. The molecule has 1 aliphatic carbocycles. The maximum Gasteiger partial charge on any atom is 0.243 e. The Morgan fingerprint density at radius 3 is 2.63 bits per heavy atom. The van der Waals surface area contributed by atoms with Gasteiger partial charge in [-0.05, 0) is 43.2 Å². The molecular weight excluding hydrogens is 360 g/mol. The molecule has 2 atom stereocenters. The van der Waals surface area contributed by atoms with Crippen LogP contribution in [-0.4, -0.2) is 45.0 Å². The predicted molar refractivity (Wildman–Crippen MR) is 107 cm³/mol. The van der Waals surface area contributed by atoms with Gasteiger partial charge in [0.25, 0.3) is 0 Å². The number of ether oxygens (including phenoxy) is 1. The molecule has 0 aromatic heterocycles. The molecule has 0 heterocycles. The van der Waals surface area contributed by atoms with Gasteiger partial charge in [0.1, 0.15) is 12.4 Å². The maximum atomic E-state index is 12.8. The molecule has 2 aromatic carbocycles. The molecule has 6 heteroatoms. The third-order valence-corrected chi connectivity index (χ3v) is 6.59. The average molecular weight is 387 g/mol. The smallest absolute Gasteiger partial charge is 0.243 e. The van der Waals surface area contributed by atoms with Crippen LogP contribution in [-0.2, 0) is 10.0 Å². The van der Waals surface area contributed by atoms with Crippen molar-refractivity contribution in [2.75, 3.05) is 20.2 Å². The van der Waals surface area contributed by atoms with E-state index in [9.17, 15) is 8.42 Å². The molecule has 1 N–H and O–H groups in total. The van der Waals surface area contributed by atoms with E-state index >= 15 is 0 Å². The summed E-state index contributed by atoms with van der Waals surface area (Å²) in [4.78, 5) is 0.339. The van der Waals surface area contributed by atoms with E-state index < -0.39 is 10.0 Å². The van der Waals surface area contributed by atoms with Crippen LogP contribution in [0.4, 0.5) is 0 Å². The largest absolute Gasteiger partial charge is 0.492 e. The zero-order chi connectivity index (χ0) is 19.3. The van der Waals surface area contributed by atoms with Gasteiger partial charge in [0.2, 0.25) is 10.0 Å². The summed E-state index contributed by atoms with van der Waals surface area (Å²) < 4.78 is 32.8. The zero-order valence-corrected chi connectivity index (χ0v) is 16.5. The number of para-hydroxylation sites is 1. The Kier molecular flexibility index (Phi) is 6.31. The minimum atomic E-state index is -3.50. The first kappa shape index (κ1) is 19.6. The van der Waals surface area contributed by atoms with E-state index in [1.807, 2.05) is 55.5 Å². The summed E-state index contributed by atoms with van der Waals surface area (Å²) in [6.07, 6.45) is 4.71. The van der Waals surface area contributed by atoms with E-state index in [1.54, 1.807) is 25.2 Å². The van der Waals surface area contributed by atoms with E-state index in [1.165, 1.54) is 4.31 Å². The highest BCUT2D eigenvalue weighted by molar-refractivity contribution is 7.89. The fourth-order valence-electron chi connectivity index (χ4n) is 3.15. The van der Waals surface area contributed by atoms with Gasteiger partial charge in [0.05, 0.1) is 4.90 Å². The number of likely N-dealkylation sites (N-methyl/N-ethyl adjacent to an activating group) is 1. The van der Waals surface area contributed by atoms with E-state index in [0.29, 0.717) is 24.5 Å². The SMILES string of the molecule is Cc1cccc(S(=O)(=O)N(C)C2C=CC(NCCOc3ccccc3)C2)c1. The van der Waals surface area contributed by atoms with Crippen LogP contribution >= 0.6 is 0 Å². The van der Waals surface area contributed by atoms with Crippen molar-refractivity contribution < 1.29 is 13.2 Å². The average Bonchev–Trinajstić information content (AvgIpc) is 3.14. The first-order valence-corrected chi connectivity index (χ1v) is 10.5. The van der Waals surface area contributed by atoms with Crippen molar-refractivity contribution in [3.8, 4) is 5.75 Å². The van der Waals surface area contributed by atoms with Crippen LogP contribution < -0.4 is 10.1 Å². The first-order chi connectivity index (χ1) is 13.0. The fourth-order valence-corrected chi connectivity index (χ4v) is 4.58. The summed E-state index contributed by atoms with van der Waals surface area (Å²) in [5, 5.41) is 3.40. The number of benzene rings is 2. The molecule has 0 amide bonds. The standard InChI is InChI=1S/C21H26N2O3S/c1-17-7-6-10-21(15-17)27(24,25)23(2)19-12-11-18(16-19)22-13-14-26-20-8-4-3-5-9-20/h3-12,15,18-19,22H,13-14,16H2,1-2H3. The number of aryl methyl sites for hydroxylation is 1. The Labute approximate surface area is 161 Å². The van der Waals surface area contributed by atoms with Crippen LogP contribution in [0.1, 0.15) is 12.0 Å². The van der Waals surface area contributed by atoms with E-state index in [4.69, 9.17) is 4.74 Å². The van der Waals surface area contributed by atoms with Gasteiger partial charge in [-0.1, -0.05) is 42.5 Å². The second-order valence-electron chi connectivity index (χ2n) is 6.75. The van der Waals surface area contributed by atoms with Crippen molar-refractivity contribution in [2.24, 2.45) is 0 Å². The van der Waals surface area contributed by atoms with Crippen LogP contribution in [0, 0.1) is 6.92 Å². The molecule has 0 saturated carbocycles. The number of hydrogen-bond donors (Lipinski definition) is 1. The van der Waals surface area contributed by atoms with Crippen molar-refractivity contribution >= 4 is 10.0 Å².